The highest BCUT2D eigenvalue weighted by atomic mass is 35.5. The number of esters is 1. The first-order valence-electron chi connectivity index (χ1n) is 18.3. The van der Waals surface area contributed by atoms with Gasteiger partial charge < -0.3 is 54.5 Å². The molecule has 5 rings (SSSR count). The van der Waals surface area contributed by atoms with Crippen molar-refractivity contribution in [3.8, 4) is 23.0 Å². The molecule has 3 aliphatic rings. The maximum absolute atomic E-state index is 14.3. The van der Waals surface area contributed by atoms with E-state index in [0.29, 0.717) is 0 Å². The fraction of sp³-hybridized carbons (Fsp3) is 0.500. The molecule has 3 heterocycles. The van der Waals surface area contributed by atoms with Gasteiger partial charge >= 0.3 is 17.8 Å². The molecule has 0 saturated heterocycles. The fourth-order valence-corrected chi connectivity index (χ4v) is 7.19. The van der Waals surface area contributed by atoms with Gasteiger partial charge in [-0.05, 0) is 19.9 Å². The summed E-state index contributed by atoms with van der Waals surface area (Å²) in [5.41, 5.74) is -1.43. The molecule has 5 bridgehead atoms. The number of alkyl halides is 1. The monoisotopic (exact) mass is 818 g/mol. The van der Waals surface area contributed by atoms with Crippen molar-refractivity contribution in [1.82, 2.24) is 0 Å². The molecule has 9 atom stereocenters. The van der Waals surface area contributed by atoms with Gasteiger partial charge in [-0.15, -0.1) is 11.6 Å². The van der Waals surface area contributed by atoms with Crippen LogP contribution in [-0.2, 0) is 28.5 Å². The molecule has 16 nitrogen and oxygen atoms in total. The molecule has 57 heavy (non-hydrogen) atoms. The number of phenols is 3. The van der Waals surface area contributed by atoms with Crippen LogP contribution < -0.4 is 15.4 Å². The van der Waals surface area contributed by atoms with Crippen LogP contribution in [0.2, 0.25) is 0 Å². The number of aromatic hydroxyl groups is 3. The first-order chi connectivity index (χ1) is 26.7. The minimum atomic E-state index is -2.13. The Balaban J connectivity index is 1.97. The van der Waals surface area contributed by atoms with E-state index in [1.165, 1.54) is 53.0 Å². The number of phenolic OH excluding ortho intramolecular Hbond substituents is 3. The Morgan fingerprint density at radius 3 is 2.25 bits per heavy atom. The van der Waals surface area contributed by atoms with Crippen LogP contribution in [0, 0.1) is 30.6 Å². The van der Waals surface area contributed by atoms with Crippen LogP contribution in [0.5, 0.6) is 23.0 Å². The van der Waals surface area contributed by atoms with Gasteiger partial charge in [-0.3, -0.25) is 19.7 Å². The largest absolute Gasteiger partial charge is 0.507 e. The molecule has 2 aromatic carbocycles. The lowest BCUT2D eigenvalue weighted by Gasteiger charge is -2.38. The molecular formula is C40H51ClN2O14. The number of aliphatic hydroxyl groups excluding tert-OH is 2. The number of methoxy groups -OCH3 is 1. The zero-order valence-corrected chi connectivity index (χ0v) is 34.0. The summed E-state index contributed by atoms with van der Waals surface area (Å²) in [5.74, 6) is -9.64. The van der Waals surface area contributed by atoms with Crippen molar-refractivity contribution < 1.29 is 68.4 Å². The number of ketones is 1. The molecule has 2 amide bonds. The number of carbonyl (C=O) groups is 4. The van der Waals surface area contributed by atoms with Gasteiger partial charge in [0, 0.05) is 61.2 Å². The lowest BCUT2D eigenvalue weighted by atomic mass is 9.78. The van der Waals surface area contributed by atoms with Gasteiger partial charge in [0.15, 0.2) is 5.75 Å². The number of benzene rings is 2. The average molecular weight is 819 g/mol. The number of carbonyl (C=O) groups excluding carboxylic acids is 4. The van der Waals surface area contributed by atoms with Crippen molar-refractivity contribution in [3.05, 3.63) is 47.3 Å². The summed E-state index contributed by atoms with van der Waals surface area (Å²) in [6, 6.07) is 0. The summed E-state index contributed by atoms with van der Waals surface area (Å²) in [6.07, 6.45) is 1.93. The van der Waals surface area contributed by atoms with Crippen molar-refractivity contribution >= 4 is 57.5 Å². The first-order valence-corrected chi connectivity index (χ1v) is 18.8. The van der Waals surface area contributed by atoms with Crippen molar-refractivity contribution in [1.29, 1.82) is 0 Å². The van der Waals surface area contributed by atoms with E-state index in [-0.39, 0.29) is 34.9 Å². The molecule has 312 valence electrons. The predicted molar refractivity (Wildman–Crippen MR) is 210 cm³/mol. The number of Topliss-reactive ketones (excluding diaryl/α,β-unsaturated/α-hetero) is 1. The summed E-state index contributed by atoms with van der Waals surface area (Å²) in [4.78, 5) is 52.9. The SMILES string of the molecule is CO[C@H]1/C=C/O[C@@]2(C)Oc3c(C)c(O)c4c(O)c(c(NC(=O)OCCCl)c(O)c4c3C2=O)NC(=O)/C(C)=C\C=C\[C@@H](C)[C@H](O)[C@@H](C)[C@H](O)[C@@H](C)[C@H](OC(C)=O)[C@@H]1C. The number of ether oxygens (including phenoxy) is 5. The minimum Gasteiger partial charge on any atom is -0.507 e. The Bertz CT molecular complexity index is 2000. The van der Waals surface area contributed by atoms with Gasteiger partial charge in [0.05, 0.1) is 41.4 Å². The van der Waals surface area contributed by atoms with Crippen molar-refractivity contribution in [2.45, 2.75) is 85.6 Å². The van der Waals surface area contributed by atoms with Crippen LogP contribution in [0.15, 0.2) is 36.1 Å². The second-order valence-corrected chi connectivity index (χ2v) is 14.9. The Kier molecular flexibility index (Phi) is 14.1. The highest BCUT2D eigenvalue weighted by Crippen LogP contribution is 2.57. The highest BCUT2D eigenvalue weighted by molar-refractivity contribution is 6.24. The third kappa shape index (κ3) is 8.93. The standard InChI is InChI=1S/C40H51ClN2O14/c1-17-11-10-12-18(2)38(51)42-28-29(43-39(52)54-16-14-41)33(48)25-26(34(28)49)32(47)22(6)36-27(25)37(50)40(8,57-36)55-15-13-24(53-9)19(3)35(56-23(7)44)21(5)31(46)20(4)30(17)45/h10-13,15,17,19-21,24,30-31,35,45-49H,14,16H2,1-9H3,(H,42,51)(H,43,52)/b11-10+,15-13+,18-12-/t17-,19-,20-,21-,24+,30+,31+,35-,40+/m1/s1. The van der Waals surface area contributed by atoms with E-state index in [1.807, 2.05) is 0 Å². The van der Waals surface area contributed by atoms with Crippen LogP contribution >= 0.6 is 11.6 Å². The van der Waals surface area contributed by atoms with Crippen LogP contribution in [0.4, 0.5) is 16.2 Å². The van der Waals surface area contributed by atoms with Crippen LogP contribution in [-0.4, -0.2) is 99.1 Å². The second kappa shape index (κ2) is 18.1. The minimum absolute atomic E-state index is 0.0335. The van der Waals surface area contributed by atoms with E-state index in [1.54, 1.807) is 33.8 Å². The summed E-state index contributed by atoms with van der Waals surface area (Å²) >= 11 is 5.67. The van der Waals surface area contributed by atoms with Crippen molar-refractivity contribution in [2.75, 3.05) is 30.2 Å². The van der Waals surface area contributed by atoms with Crippen molar-refractivity contribution in [3.63, 3.8) is 0 Å². The Labute approximate surface area is 335 Å². The van der Waals surface area contributed by atoms with E-state index < -0.39 is 117 Å². The van der Waals surface area contributed by atoms with Crippen molar-refractivity contribution in [2.24, 2.45) is 23.7 Å². The lowest BCUT2D eigenvalue weighted by molar-refractivity contribution is -0.160. The molecular weight excluding hydrogens is 768 g/mol. The lowest BCUT2D eigenvalue weighted by Crippen LogP contribution is -2.46. The molecule has 3 aliphatic heterocycles. The molecule has 0 fully saturated rings. The van der Waals surface area contributed by atoms with E-state index in [0.717, 1.165) is 6.26 Å². The number of nitrogens with one attached hydrogen (secondary N) is 2. The van der Waals surface area contributed by atoms with Gasteiger partial charge in [-0.2, -0.15) is 0 Å². The molecule has 2 aromatic rings. The highest BCUT2D eigenvalue weighted by Gasteiger charge is 2.50. The molecule has 0 radical (unpaired) electrons. The summed E-state index contributed by atoms with van der Waals surface area (Å²) in [7, 11) is 1.40. The third-order valence-corrected chi connectivity index (χ3v) is 10.7. The van der Waals surface area contributed by atoms with E-state index >= 15 is 0 Å². The number of rotatable bonds is 5. The normalized spacial score (nSPS) is 30.4. The third-order valence-electron chi connectivity index (χ3n) is 10.5. The van der Waals surface area contributed by atoms with Crippen LogP contribution in [0.3, 0.4) is 0 Å². The molecule has 0 unspecified atom stereocenters. The second-order valence-electron chi connectivity index (χ2n) is 14.5. The number of hydrogen-bond donors (Lipinski definition) is 7. The number of halogens is 1. The maximum atomic E-state index is 14.3. The smallest absolute Gasteiger partial charge is 0.411 e. The number of amides is 2. The van der Waals surface area contributed by atoms with Gasteiger partial charge in [-0.1, -0.05) is 45.9 Å². The zero-order chi connectivity index (χ0) is 42.7. The van der Waals surface area contributed by atoms with Crippen LogP contribution in [0.1, 0.15) is 64.4 Å². The predicted octanol–water partition coefficient (Wildman–Crippen LogP) is 5.54. The molecule has 7 N–H and O–H groups in total. The Morgan fingerprint density at radius 2 is 1.63 bits per heavy atom. The van der Waals surface area contributed by atoms with Gasteiger partial charge in [-0.25, -0.2) is 4.79 Å². The van der Waals surface area contributed by atoms with Gasteiger partial charge in [0.25, 0.3) is 11.7 Å². The Hall–Kier alpha value is -5.03. The Morgan fingerprint density at radius 1 is 0.965 bits per heavy atom. The molecule has 0 aromatic heterocycles. The summed E-state index contributed by atoms with van der Waals surface area (Å²) in [6.45, 7) is 11.9. The topological polar surface area (TPSA) is 240 Å². The zero-order valence-electron chi connectivity index (χ0n) is 33.2. The molecule has 0 spiro atoms. The number of hydrogen-bond acceptors (Lipinski definition) is 14. The van der Waals surface area contributed by atoms with Gasteiger partial charge in [0.1, 0.15) is 41.3 Å². The number of aliphatic hydroxyl groups is 2. The number of anilines is 2. The average Bonchev–Trinajstić information content (AvgIpc) is 3.43. The summed E-state index contributed by atoms with van der Waals surface area (Å²) < 4.78 is 28.3. The number of fused-ring (bicyclic) bond motifs is 14. The summed E-state index contributed by atoms with van der Waals surface area (Å²) in [5, 5.41) is 61.5. The van der Waals surface area contributed by atoms with Crippen LogP contribution in [0.25, 0.3) is 10.8 Å². The maximum Gasteiger partial charge on any atom is 0.411 e. The quantitative estimate of drug-likeness (QED) is 0.0849. The fourth-order valence-electron chi connectivity index (χ4n) is 7.11. The van der Waals surface area contributed by atoms with Gasteiger partial charge in [0.2, 0.25) is 0 Å². The molecule has 0 aliphatic carbocycles. The molecule has 0 saturated carbocycles. The van der Waals surface area contributed by atoms with E-state index in [4.69, 9.17) is 35.3 Å². The van der Waals surface area contributed by atoms with E-state index in [2.05, 4.69) is 10.6 Å². The molecule has 17 heteroatoms. The van der Waals surface area contributed by atoms with E-state index in [9.17, 15) is 44.7 Å². The number of allylic oxidation sites excluding steroid dienone is 2. The first kappa shape index (κ1) is 44.7.